The zero-order valence-corrected chi connectivity index (χ0v) is 15.7. The molecule has 7 heteroatoms. The van der Waals surface area contributed by atoms with E-state index in [1.54, 1.807) is 13.3 Å². The van der Waals surface area contributed by atoms with Gasteiger partial charge in [-0.1, -0.05) is 45.7 Å². The lowest BCUT2D eigenvalue weighted by molar-refractivity contribution is 0.0959. The van der Waals surface area contributed by atoms with Crippen molar-refractivity contribution >= 4 is 61.1 Å². The second-order valence-corrected chi connectivity index (χ2v) is 7.11. The number of carbonyl (C=O) groups is 1. The molecule has 1 aromatic heterocycles. The number of fused-ring (bicyclic) bond motifs is 1. The number of hydrogen-bond donors (Lipinski definition) is 1. The van der Waals surface area contributed by atoms with Crippen molar-refractivity contribution in [3.05, 3.63) is 62.4 Å². The predicted molar refractivity (Wildman–Crippen MR) is 103 cm³/mol. The maximum Gasteiger partial charge on any atom is 0.283 e. The Morgan fingerprint density at radius 2 is 2.12 bits per heavy atom. The lowest BCUT2D eigenvalue weighted by Crippen LogP contribution is -2.16. The van der Waals surface area contributed by atoms with Gasteiger partial charge in [-0.15, -0.1) is 11.3 Å². The summed E-state index contributed by atoms with van der Waals surface area (Å²) in [6.45, 7) is 0. The van der Waals surface area contributed by atoms with E-state index in [-0.39, 0.29) is 5.91 Å². The Labute approximate surface area is 156 Å². The minimum Gasteiger partial charge on any atom is -0.497 e. The molecule has 1 amide bonds. The average molecular weight is 424 g/mol. The van der Waals surface area contributed by atoms with Crippen molar-refractivity contribution in [2.45, 2.75) is 0 Å². The van der Waals surface area contributed by atoms with Crippen LogP contribution in [0.3, 0.4) is 0 Å². The number of nitrogens with zero attached hydrogens (tertiary/aromatic N) is 1. The maximum absolute atomic E-state index is 12.3. The molecule has 0 aliphatic rings. The summed E-state index contributed by atoms with van der Waals surface area (Å²) >= 11 is 11.0. The summed E-state index contributed by atoms with van der Waals surface area (Å²) in [6.07, 6.45) is 1.58. The topological polar surface area (TPSA) is 50.7 Å². The van der Waals surface area contributed by atoms with Crippen molar-refractivity contribution in [3.8, 4) is 5.75 Å². The number of nitrogens with one attached hydrogen (secondary N) is 1. The maximum atomic E-state index is 12.3. The van der Waals surface area contributed by atoms with E-state index in [1.807, 2.05) is 42.5 Å². The second kappa shape index (κ2) is 7.34. The third-order valence-electron chi connectivity index (χ3n) is 3.32. The number of thiophene rings is 1. The van der Waals surface area contributed by atoms with Crippen LogP contribution < -0.4 is 10.2 Å². The Bertz CT molecular complexity index is 939. The van der Waals surface area contributed by atoms with Gasteiger partial charge in [-0.3, -0.25) is 4.79 Å². The van der Waals surface area contributed by atoms with Gasteiger partial charge in [-0.05, 0) is 24.3 Å². The van der Waals surface area contributed by atoms with Gasteiger partial charge in [0.1, 0.15) is 10.6 Å². The molecule has 2 aromatic carbocycles. The van der Waals surface area contributed by atoms with Crippen LogP contribution in [-0.2, 0) is 0 Å². The number of rotatable bonds is 4. The zero-order chi connectivity index (χ0) is 17.1. The molecule has 0 radical (unpaired) electrons. The molecule has 0 bridgehead atoms. The van der Waals surface area contributed by atoms with Gasteiger partial charge in [0, 0.05) is 20.1 Å². The van der Waals surface area contributed by atoms with Crippen LogP contribution in [0.4, 0.5) is 0 Å². The second-order valence-electron chi connectivity index (χ2n) is 4.83. The van der Waals surface area contributed by atoms with E-state index in [4.69, 9.17) is 16.3 Å². The summed E-state index contributed by atoms with van der Waals surface area (Å²) in [5.41, 5.74) is 3.38. The average Bonchev–Trinajstić information content (AvgIpc) is 2.92. The van der Waals surface area contributed by atoms with E-state index in [9.17, 15) is 4.79 Å². The molecule has 1 heterocycles. The van der Waals surface area contributed by atoms with Crippen LogP contribution in [-0.4, -0.2) is 19.2 Å². The Morgan fingerprint density at radius 1 is 1.33 bits per heavy atom. The van der Waals surface area contributed by atoms with Gasteiger partial charge in [0.25, 0.3) is 5.91 Å². The van der Waals surface area contributed by atoms with E-state index < -0.39 is 0 Å². The molecule has 1 N–H and O–H groups in total. The monoisotopic (exact) mass is 422 g/mol. The van der Waals surface area contributed by atoms with Crippen molar-refractivity contribution in [1.29, 1.82) is 0 Å². The van der Waals surface area contributed by atoms with Crippen molar-refractivity contribution in [1.82, 2.24) is 5.43 Å². The molecule has 0 aliphatic carbocycles. The molecular weight excluding hydrogens is 412 g/mol. The number of benzene rings is 2. The number of carbonyl (C=O) groups excluding carboxylic acids is 1. The number of methoxy groups -OCH3 is 1. The highest BCUT2D eigenvalue weighted by molar-refractivity contribution is 9.10. The van der Waals surface area contributed by atoms with Gasteiger partial charge in [-0.25, -0.2) is 5.43 Å². The van der Waals surface area contributed by atoms with E-state index in [1.165, 1.54) is 11.3 Å². The van der Waals surface area contributed by atoms with Crippen LogP contribution in [0, 0.1) is 0 Å². The van der Waals surface area contributed by atoms with Crippen molar-refractivity contribution in [2.75, 3.05) is 7.11 Å². The zero-order valence-electron chi connectivity index (χ0n) is 12.5. The van der Waals surface area contributed by atoms with Crippen LogP contribution >= 0.6 is 38.9 Å². The predicted octanol–water partition coefficient (Wildman–Crippen LogP) is 5.09. The molecule has 0 spiro atoms. The Hall–Kier alpha value is -1.89. The van der Waals surface area contributed by atoms with Gasteiger partial charge >= 0.3 is 0 Å². The number of ether oxygens (including phenoxy) is 1. The first-order valence-corrected chi connectivity index (χ1v) is 8.93. The van der Waals surface area contributed by atoms with Crippen LogP contribution in [0.1, 0.15) is 15.2 Å². The highest BCUT2D eigenvalue weighted by Crippen LogP contribution is 2.37. The van der Waals surface area contributed by atoms with Crippen LogP contribution in [0.25, 0.3) is 10.1 Å². The summed E-state index contributed by atoms with van der Waals surface area (Å²) in [5.74, 6) is 0.378. The van der Waals surface area contributed by atoms with Gasteiger partial charge in [0.15, 0.2) is 0 Å². The van der Waals surface area contributed by atoms with E-state index >= 15 is 0 Å². The summed E-state index contributed by atoms with van der Waals surface area (Å²) < 4.78 is 6.98. The van der Waals surface area contributed by atoms with Crippen LogP contribution in [0.5, 0.6) is 5.75 Å². The summed E-state index contributed by atoms with van der Waals surface area (Å²) in [4.78, 5) is 12.7. The summed E-state index contributed by atoms with van der Waals surface area (Å²) in [7, 11) is 1.60. The fourth-order valence-electron chi connectivity index (χ4n) is 2.11. The molecule has 4 nitrogen and oxygen atoms in total. The minimum atomic E-state index is -0.344. The Balaban J connectivity index is 1.81. The van der Waals surface area contributed by atoms with E-state index in [0.29, 0.717) is 9.90 Å². The largest absolute Gasteiger partial charge is 0.497 e. The first-order valence-electron chi connectivity index (χ1n) is 6.94. The molecule has 0 aliphatic heterocycles. The van der Waals surface area contributed by atoms with E-state index in [2.05, 4.69) is 26.5 Å². The Kier molecular flexibility index (Phi) is 5.18. The van der Waals surface area contributed by atoms with Gasteiger partial charge in [0.2, 0.25) is 0 Å². The number of hydrazone groups is 1. The Morgan fingerprint density at radius 3 is 2.88 bits per heavy atom. The standard InChI is InChI=1S/C17H12BrClN2O2S/c1-23-11-6-7-12-14(8-11)24-16(15(12)19)17(22)21-20-9-10-4-2-3-5-13(10)18/h2-9H,1H3,(H,21,22)/b20-9+. The van der Waals surface area contributed by atoms with Crippen molar-refractivity contribution in [2.24, 2.45) is 5.10 Å². The molecule has 3 rings (SSSR count). The molecule has 0 saturated heterocycles. The first-order chi connectivity index (χ1) is 11.6. The first kappa shape index (κ1) is 17.0. The molecule has 0 atom stereocenters. The fraction of sp³-hybridized carbons (Fsp3) is 0.0588. The molecule has 0 fully saturated rings. The third kappa shape index (κ3) is 3.45. The number of amides is 1. The van der Waals surface area contributed by atoms with E-state index in [0.717, 1.165) is 25.9 Å². The summed E-state index contributed by atoms with van der Waals surface area (Å²) in [6, 6.07) is 13.1. The summed E-state index contributed by atoms with van der Waals surface area (Å²) in [5, 5.41) is 5.24. The lowest BCUT2D eigenvalue weighted by Gasteiger charge is -1.99. The minimum absolute atomic E-state index is 0.344. The normalized spacial score (nSPS) is 11.1. The van der Waals surface area contributed by atoms with Crippen molar-refractivity contribution in [3.63, 3.8) is 0 Å². The van der Waals surface area contributed by atoms with Gasteiger partial charge in [0.05, 0.1) is 18.3 Å². The fourth-order valence-corrected chi connectivity index (χ4v) is 3.93. The SMILES string of the molecule is COc1ccc2c(Cl)c(C(=O)N/N=C/c3ccccc3Br)sc2c1. The molecule has 24 heavy (non-hydrogen) atoms. The van der Waals surface area contributed by atoms with Crippen LogP contribution in [0.2, 0.25) is 5.02 Å². The third-order valence-corrected chi connectivity index (χ3v) is 5.70. The highest BCUT2D eigenvalue weighted by atomic mass is 79.9. The van der Waals surface area contributed by atoms with Crippen LogP contribution in [0.15, 0.2) is 52.0 Å². The molecule has 3 aromatic rings. The lowest BCUT2D eigenvalue weighted by atomic mass is 10.2. The number of hydrogen-bond acceptors (Lipinski definition) is 4. The highest BCUT2D eigenvalue weighted by Gasteiger charge is 2.17. The van der Waals surface area contributed by atoms with Gasteiger partial charge in [-0.2, -0.15) is 5.10 Å². The molecule has 122 valence electrons. The van der Waals surface area contributed by atoms with Crippen molar-refractivity contribution < 1.29 is 9.53 Å². The van der Waals surface area contributed by atoms with Gasteiger partial charge < -0.3 is 4.74 Å². The quantitative estimate of drug-likeness (QED) is 0.469. The molecular formula is C17H12BrClN2O2S. The molecule has 0 unspecified atom stereocenters. The molecule has 0 saturated carbocycles. The number of halogens is 2. The smallest absolute Gasteiger partial charge is 0.283 e.